The van der Waals surface area contributed by atoms with E-state index in [9.17, 15) is 9.59 Å². The number of ether oxygens (including phenoxy) is 2. The lowest BCUT2D eigenvalue weighted by Gasteiger charge is -2.12. The number of amidine groups is 1. The summed E-state index contributed by atoms with van der Waals surface area (Å²) in [6, 6.07) is 13.6. The van der Waals surface area contributed by atoms with Crippen molar-refractivity contribution in [2.75, 3.05) is 13.7 Å². The molecule has 10 heteroatoms. The summed E-state index contributed by atoms with van der Waals surface area (Å²) in [5.74, 6) is -0.278. The number of carboxylic acids is 1. The van der Waals surface area contributed by atoms with Crippen LogP contribution >= 0.6 is 27.7 Å². The molecule has 162 valence electrons. The number of rotatable bonds is 9. The second kappa shape index (κ2) is 11.0. The third-order valence-electron chi connectivity index (χ3n) is 4.26. The summed E-state index contributed by atoms with van der Waals surface area (Å²) in [7, 11) is 1.56. The van der Waals surface area contributed by atoms with Crippen LogP contribution in [-0.4, -0.2) is 47.3 Å². The Kier molecular flexibility index (Phi) is 8.07. The van der Waals surface area contributed by atoms with Crippen molar-refractivity contribution in [1.82, 2.24) is 5.32 Å². The van der Waals surface area contributed by atoms with E-state index < -0.39 is 11.2 Å². The van der Waals surface area contributed by atoms with Crippen LogP contribution in [0.1, 0.15) is 17.5 Å². The van der Waals surface area contributed by atoms with E-state index in [1.54, 1.807) is 19.2 Å². The summed E-state index contributed by atoms with van der Waals surface area (Å²) in [5.41, 5.74) is 1.89. The standard InChI is InChI=1S/C21H20BrN3O5S/c1-29-16-9-14(12-23-25-21-24-20(28)18(31-21)11-19(26)27)15(22)10-17(16)30-8-7-13-5-3-2-4-6-13/h2-6,9-10,12,18H,7-8,11H2,1H3,(H,26,27)(H,24,25,28). The van der Waals surface area contributed by atoms with E-state index >= 15 is 0 Å². The summed E-state index contributed by atoms with van der Waals surface area (Å²) >= 11 is 4.53. The Morgan fingerprint density at radius 2 is 2.06 bits per heavy atom. The van der Waals surface area contributed by atoms with Gasteiger partial charge in [-0.1, -0.05) is 42.1 Å². The minimum absolute atomic E-state index is 0.261. The molecule has 0 bridgehead atoms. The number of nitrogens with zero attached hydrogens (tertiary/aromatic N) is 2. The first-order valence-electron chi connectivity index (χ1n) is 9.31. The van der Waals surface area contributed by atoms with Crippen molar-refractivity contribution in [3.63, 3.8) is 0 Å². The Hall–Kier alpha value is -2.85. The van der Waals surface area contributed by atoms with Gasteiger partial charge in [-0.15, -0.1) is 5.10 Å². The molecule has 1 atom stereocenters. The van der Waals surface area contributed by atoms with Crippen LogP contribution in [0, 0.1) is 0 Å². The molecule has 0 saturated carbocycles. The van der Waals surface area contributed by atoms with Crippen LogP contribution in [-0.2, 0) is 16.0 Å². The number of carbonyl (C=O) groups is 2. The molecule has 2 aromatic carbocycles. The molecule has 1 heterocycles. The number of hydrogen-bond donors (Lipinski definition) is 2. The maximum absolute atomic E-state index is 11.7. The van der Waals surface area contributed by atoms with Gasteiger partial charge in [-0.25, -0.2) is 0 Å². The van der Waals surface area contributed by atoms with Gasteiger partial charge in [0.2, 0.25) is 5.91 Å². The molecule has 1 unspecified atom stereocenters. The van der Waals surface area contributed by atoms with Gasteiger partial charge in [-0.05, 0) is 33.6 Å². The zero-order chi connectivity index (χ0) is 22.2. The van der Waals surface area contributed by atoms with Gasteiger partial charge in [0.15, 0.2) is 16.7 Å². The second-order valence-corrected chi connectivity index (χ2v) is 8.50. The summed E-state index contributed by atoms with van der Waals surface area (Å²) in [4.78, 5) is 22.5. The van der Waals surface area contributed by atoms with Crippen molar-refractivity contribution >= 4 is 51.0 Å². The second-order valence-electron chi connectivity index (χ2n) is 6.45. The van der Waals surface area contributed by atoms with E-state index in [-0.39, 0.29) is 17.5 Å². The number of amides is 1. The van der Waals surface area contributed by atoms with Crippen LogP contribution in [0.15, 0.2) is 57.1 Å². The number of nitrogens with one attached hydrogen (secondary N) is 1. The number of hydrogen-bond acceptors (Lipinski definition) is 7. The number of halogens is 1. The van der Waals surface area contributed by atoms with Crippen LogP contribution in [0.25, 0.3) is 0 Å². The smallest absolute Gasteiger partial charge is 0.305 e. The molecule has 0 spiro atoms. The third-order valence-corrected chi connectivity index (χ3v) is 6.01. The van der Waals surface area contributed by atoms with Crippen molar-refractivity contribution in [1.29, 1.82) is 0 Å². The molecule has 0 aromatic heterocycles. The fourth-order valence-electron chi connectivity index (χ4n) is 2.73. The Bertz CT molecular complexity index is 1010. The first kappa shape index (κ1) is 22.8. The number of carboxylic acid groups (broad SMARTS) is 1. The van der Waals surface area contributed by atoms with E-state index in [4.69, 9.17) is 14.6 Å². The molecule has 1 aliphatic heterocycles. The largest absolute Gasteiger partial charge is 0.493 e. The van der Waals surface area contributed by atoms with Crippen LogP contribution < -0.4 is 14.8 Å². The van der Waals surface area contributed by atoms with E-state index in [2.05, 4.69) is 31.4 Å². The highest BCUT2D eigenvalue weighted by Crippen LogP contribution is 2.33. The third kappa shape index (κ3) is 6.56. The van der Waals surface area contributed by atoms with Gasteiger partial charge in [0.05, 0.1) is 26.4 Å². The molecule has 1 fully saturated rings. The topological polar surface area (TPSA) is 110 Å². The SMILES string of the molecule is COc1cc(C=NN=C2NC(=O)C(CC(=O)O)S2)c(Br)cc1OCCc1ccccc1. The molecule has 3 rings (SSSR count). The molecule has 31 heavy (non-hydrogen) atoms. The van der Waals surface area contributed by atoms with E-state index in [0.29, 0.717) is 23.7 Å². The average Bonchev–Trinajstić information content (AvgIpc) is 3.08. The zero-order valence-corrected chi connectivity index (χ0v) is 19.0. The molecule has 8 nitrogen and oxygen atoms in total. The summed E-state index contributed by atoms with van der Waals surface area (Å²) in [5, 5.41) is 18.9. The van der Waals surface area contributed by atoms with E-state index in [0.717, 1.165) is 22.7 Å². The van der Waals surface area contributed by atoms with Crippen LogP contribution in [0.3, 0.4) is 0 Å². The fourth-order valence-corrected chi connectivity index (χ4v) is 4.07. The van der Waals surface area contributed by atoms with Gasteiger partial charge < -0.3 is 19.9 Å². The predicted molar refractivity (Wildman–Crippen MR) is 123 cm³/mol. The highest BCUT2D eigenvalue weighted by molar-refractivity contribution is 9.10. The molecular formula is C21H20BrN3O5S. The molecule has 1 saturated heterocycles. The summed E-state index contributed by atoms with van der Waals surface area (Å²) in [6.45, 7) is 0.502. The summed E-state index contributed by atoms with van der Waals surface area (Å²) < 4.78 is 12.0. The normalized spacial score (nSPS) is 17.2. The van der Waals surface area contributed by atoms with E-state index in [1.807, 2.05) is 30.3 Å². The number of benzene rings is 2. The molecular weight excluding hydrogens is 486 g/mol. The highest BCUT2D eigenvalue weighted by atomic mass is 79.9. The van der Waals surface area contributed by atoms with Gasteiger partial charge >= 0.3 is 5.97 Å². The van der Waals surface area contributed by atoms with Gasteiger partial charge in [0.25, 0.3) is 0 Å². The molecule has 1 amide bonds. The zero-order valence-electron chi connectivity index (χ0n) is 16.6. The van der Waals surface area contributed by atoms with Crippen molar-refractivity contribution in [3.05, 3.63) is 58.1 Å². The Balaban J connectivity index is 1.64. The van der Waals surface area contributed by atoms with Gasteiger partial charge in [-0.2, -0.15) is 5.10 Å². The quantitative estimate of drug-likeness (QED) is 0.398. The molecule has 2 N–H and O–H groups in total. The first-order valence-corrected chi connectivity index (χ1v) is 11.0. The Morgan fingerprint density at radius 3 is 2.77 bits per heavy atom. The Morgan fingerprint density at radius 1 is 1.29 bits per heavy atom. The van der Waals surface area contributed by atoms with Crippen molar-refractivity contribution in [2.45, 2.75) is 18.1 Å². The average molecular weight is 506 g/mol. The molecule has 1 aliphatic rings. The monoisotopic (exact) mass is 505 g/mol. The van der Waals surface area contributed by atoms with Gasteiger partial charge in [0, 0.05) is 16.5 Å². The fraction of sp³-hybridized carbons (Fsp3) is 0.238. The van der Waals surface area contributed by atoms with Crippen LogP contribution in [0.5, 0.6) is 11.5 Å². The van der Waals surface area contributed by atoms with Crippen molar-refractivity contribution in [2.24, 2.45) is 10.2 Å². The van der Waals surface area contributed by atoms with Gasteiger partial charge in [-0.3, -0.25) is 9.59 Å². The maximum Gasteiger partial charge on any atom is 0.305 e. The van der Waals surface area contributed by atoms with Crippen molar-refractivity contribution in [3.8, 4) is 11.5 Å². The number of methoxy groups -OCH3 is 1. The molecule has 2 aromatic rings. The van der Waals surface area contributed by atoms with Crippen LogP contribution in [0.4, 0.5) is 0 Å². The minimum atomic E-state index is -1.04. The number of carbonyl (C=O) groups excluding carboxylic acids is 1. The van der Waals surface area contributed by atoms with Crippen LogP contribution in [0.2, 0.25) is 0 Å². The van der Waals surface area contributed by atoms with Crippen molar-refractivity contribution < 1.29 is 24.2 Å². The lowest BCUT2D eigenvalue weighted by Crippen LogP contribution is -2.26. The number of aliphatic carboxylic acids is 1. The lowest BCUT2D eigenvalue weighted by atomic mass is 10.2. The highest BCUT2D eigenvalue weighted by Gasteiger charge is 2.32. The first-order chi connectivity index (χ1) is 15.0. The molecule has 0 aliphatic carbocycles. The molecule has 0 radical (unpaired) electrons. The Labute approximate surface area is 191 Å². The predicted octanol–water partition coefficient (Wildman–Crippen LogP) is 3.48. The number of thioether (sulfide) groups is 1. The maximum atomic E-state index is 11.7. The van der Waals surface area contributed by atoms with Gasteiger partial charge in [0.1, 0.15) is 5.25 Å². The lowest BCUT2D eigenvalue weighted by molar-refractivity contribution is -0.138. The van der Waals surface area contributed by atoms with E-state index in [1.165, 1.54) is 11.8 Å². The minimum Gasteiger partial charge on any atom is -0.493 e. The summed E-state index contributed by atoms with van der Waals surface area (Å²) in [6.07, 6.45) is 2.01.